The molecule has 0 spiro atoms. The highest BCUT2D eigenvalue weighted by Crippen LogP contribution is 2.27. The van der Waals surface area contributed by atoms with Crippen molar-refractivity contribution in [3.8, 4) is 0 Å². The van der Waals surface area contributed by atoms with Crippen LogP contribution in [-0.4, -0.2) is 53.7 Å². The van der Waals surface area contributed by atoms with Crippen molar-refractivity contribution in [3.05, 3.63) is 34.9 Å². The van der Waals surface area contributed by atoms with E-state index in [1.165, 1.54) is 4.90 Å². The van der Waals surface area contributed by atoms with Gasteiger partial charge in [-0.15, -0.1) is 0 Å². The average Bonchev–Trinajstić information content (AvgIpc) is 2.95. The fourth-order valence-corrected chi connectivity index (χ4v) is 3.49. The number of likely N-dealkylation sites (tertiary alicyclic amines) is 1. The average molecular weight is 380 g/mol. The number of imide groups is 1. The summed E-state index contributed by atoms with van der Waals surface area (Å²) in [6, 6.07) is 7.61. The summed E-state index contributed by atoms with van der Waals surface area (Å²) in [7, 11) is 0. The monoisotopic (exact) mass is 379 g/mol. The van der Waals surface area contributed by atoms with Crippen molar-refractivity contribution in [2.75, 3.05) is 26.2 Å². The van der Waals surface area contributed by atoms with Crippen LogP contribution in [0.3, 0.4) is 0 Å². The molecule has 0 radical (unpaired) electrons. The number of nitrogens with one attached hydrogen (secondary N) is 1. The number of rotatable bonds is 9. The maximum absolute atomic E-state index is 12.2. The first kappa shape index (κ1) is 20.4. The summed E-state index contributed by atoms with van der Waals surface area (Å²) < 4.78 is 0. The number of halogens is 1. The van der Waals surface area contributed by atoms with Gasteiger partial charge in [0.25, 0.3) is 0 Å². The summed E-state index contributed by atoms with van der Waals surface area (Å²) in [5.41, 5.74) is 0.975. The third kappa shape index (κ3) is 5.05. The zero-order valence-corrected chi connectivity index (χ0v) is 16.1. The van der Waals surface area contributed by atoms with Crippen molar-refractivity contribution >= 4 is 29.3 Å². The molecule has 0 bridgehead atoms. The number of hydrogen-bond acceptors (Lipinski definition) is 4. The second kappa shape index (κ2) is 9.69. The molecular formula is C19H26ClN3O3. The molecule has 26 heavy (non-hydrogen) atoms. The van der Waals surface area contributed by atoms with Gasteiger partial charge in [-0.25, -0.2) is 0 Å². The van der Waals surface area contributed by atoms with Crippen LogP contribution in [0.2, 0.25) is 5.02 Å². The minimum absolute atomic E-state index is 0.0299. The van der Waals surface area contributed by atoms with Crippen LogP contribution in [0.4, 0.5) is 0 Å². The molecule has 1 saturated heterocycles. The molecule has 1 aromatic carbocycles. The van der Waals surface area contributed by atoms with E-state index in [1.54, 1.807) is 0 Å². The first-order valence-corrected chi connectivity index (χ1v) is 9.44. The summed E-state index contributed by atoms with van der Waals surface area (Å²) >= 11 is 6.35. The third-order valence-electron chi connectivity index (χ3n) is 4.73. The molecule has 1 N–H and O–H groups in total. The molecule has 1 unspecified atom stereocenters. The molecule has 1 fully saturated rings. The standard InChI is InChI=1S/C19H26ClN3O3/c1-3-22(4-2)16(14-7-5-6-8-15(14)20)13-21-17(24)11-12-23-18(25)9-10-19(23)26/h5-8,16H,3-4,9-13H2,1-2H3,(H,21,24). The lowest BCUT2D eigenvalue weighted by molar-refractivity contribution is -0.138. The Labute approximate surface area is 159 Å². The molecule has 2 rings (SSSR count). The van der Waals surface area contributed by atoms with Crippen LogP contribution in [0.15, 0.2) is 24.3 Å². The topological polar surface area (TPSA) is 69.7 Å². The Morgan fingerprint density at radius 1 is 1.19 bits per heavy atom. The Balaban J connectivity index is 1.96. The van der Waals surface area contributed by atoms with Crippen molar-refractivity contribution in [1.29, 1.82) is 0 Å². The number of benzene rings is 1. The van der Waals surface area contributed by atoms with Gasteiger partial charge in [-0.3, -0.25) is 24.2 Å². The minimum atomic E-state index is -0.195. The second-order valence-corrected chi connectivity index (χ2v) is 6.66. The van der Waals surface area contributed by atoms with Gasteiger partial charge < -0.3 is 5.32 Å². The lowest BCUT2D eigenvalue weighted by atomic mass is 10.0. The SMILES string of the molecule is CCN(CC)C(CNC(=O)CCN1C(=O)CCC1=O)c1ccccc1Cl. The van der Waals surface area contributed by atoms with E-state index in [4.69, 9.17) is 11.6 Å². The van der Waals surface area contributed by atoms with Gasteiger partial charge in [0, 0.05) is 37.4 Å². The van der Waals surface area contributed by atoms with Crippen LogP contribution in [0.25, 0.3) is 0 Å². The van der Waals surface area contributed by atoms with Gasteiger partial charge in [0.15, 0.2) is 0 Å². The molecule has 0 aromatic heterocycles. The number of amides is 3. The Morgan fingerprint density at radius 3 is 2.38 bits per heavy atom. The van der Waals surface area contributed by atoms with Crippen molar-refractivity contribution in [3.63, 3.8) is 0 Å². The first-order valence-electron chi connectivity index (χ1n) is 9.06. The van der Waals surface area contributed by atoms with Gasteiger partial charge in [0.2, 0.25) is 17.7 Å². The normalized spacial score (nSPS) is 15.6. The van der Waals surface area contributed by atoms with E-state index >= 15 is 0 Å². The molecular weight excluding hydrogens is 354 g/mol. The van der Waals surface area contributed by atoms with Crippen LogP contribution in [-0.2, 0) is 14.4 Å². The molecule has 0 saturated carbocycles. The smallest absolute Gasteiger partial charge is 0.229 e. The van der Waals surface area contributed by atoms with Crippen molar-refractivity contribution < 1.29 is 14.4 Å². The van der Waals surface area contributed by atoms with Gasteiger partial charge in [0.1, 0.15) is 0 Å². The minimum Gasteiger partial charge on any atom is -0.354 e. The lowest BCUT2D eigenvalue weighted by Crippen LogP contribution is -2.39. The zero-order chi connectivity index (χ0) is 19.1. The van der Waals surface area contributed by atoms with Crippen LogP contribution in [0.1, 0.15) is 44.7 Å². The van der Waals surface area contributed by atoms with Crippen molar-refractivity contribution in [1.82, 2.24) is 15.1 Å². The second-order valence-electron chi connectivity index (χ2n) is 6.25. The Kier molecular flexibility index (Phi) is 7.60. The molecule has 3 amide bonds. The highest BCUT2D eigenvalue weighted by molar-refractivity contribution is 6.31. The van der Waals surface area contributed by atoms with Gasteiger partial charge in [-0.2, -0.15) is 0 Å². The number of carbonyl (C=O) groups is 3. The van der Waals surface area contributed by atoms with E-state index in [9.17, 15) is 14.4 Å². The Morgan fingerprint density at radius 2 is 1.81 bits per heavy atom. The predicted molar refractivity (Wildman–Crippen MR) is 101 cm³/mol. The molecule has 0 aliphatic carbocycles. The number of carbonyl (C=O) groups excluding carboxylic acids is 3. The molecule has 6 nitrogen and oxygen atoms in total. The fraction of sp³-hybridized carbons (Fsp3) is 0.526. The first-order chi connectivity index (χ1) is 12.5. The van der Waals surface area contributed by atoms with Gasteiger partial charge in [-0.1, -0.05) is 43.6 Å². The lowest BCUT2D eigenvalue weighted by Gasteiger charge is -2.31. The maximum Gasteiger partial charge on any atom is 0.229 e. The molecule has 7 heteroatoms. The summed E-state index contributed by atoms with van der Waals surface area (Å²) in [6.45, 7) is 6.37. The fourth-order valence-electron chi connectivity index (χ4n) is 3.23. The molecule has 142 valence electrons. The van der Waals surface area contributed by atoms with E-state index in [0.717, 1.165) is 18.7 Å². The van der Waals surface area contributed by atoms with Gasteiger partial charge in [0.05, 0.1) is 6.04 Å². The molecule has 1 aromatic rings. The number of hydrogen-bond donors (Lipinski definition) is 1. The zero-order valence-electron chi connectivity index (χ0n) is 15.3. The van der Waals surface area contributed by atoms with Crippen LogP contribution in [0, 0.1) is 0 Å². The van der Waals surface area contributed by atoms with E-state index in [2.05, 4.69) is 24.1 Å². The molecule has 1 aliphatic rings. The Bertz CT molecular complexity index is 645. The number of likely N-dealkylation sites (N-methyl/N-ethyl adjacent to an activating group) is 1. The van der Waals surface area contributed by atoms with E-state index < -0.39 is 0 Å². The highest BCUT2D eigenvalue weighted by atomic mass is 35.5. The highest BCUT2D eigenvalue weighted by Gasteiger charge is 2.29. The summed E-state index contributed by atoms with van der Waals surface area (Å²) in [6.07, 6.45) is 0.610. The third-order valence-corrected chi connectivity index (χ3v) is 5.07. The maximum atomic E-state index is 12.2. The summed E-state index contributed by atoms with van der Waals surface area (Å²) in [4.78, 5) is 38.8. The molecule has 1 heterocycles. The van der Waals surface area contributed by atoms with E-state index in [0.29, 0.717) is 11.6 Å². The molecule has 1 aliphatic heterocycles. The summed E-state index contributed by atoms with van der Waals surface area (Å²) in [5, 5.41) is 3.60. The van der Waals surface area contributed by atoms with Crippen molar-refractivity contribution in [2.45, 2.75) is 39.2 Å². The van der Waals surface area contributed by atoms with Crippen molar-refractivity contribution in [2.24, 2.45) is 0 Å². The van der Waals surface area contributed by atoms with Crippen LogP contribution in [0.5, 0.6) is 0 Å². The molecule has 1 atom stereocenters. The van der Waals surface area contributed by atoms with Gasteiger partial charge in [-0.05, 0) is 24.7 Å². The predicted octanol–water partition coefficient (Wildman–Crippen LogP) is 2.38. The number of nitrogens with zero attached hydrogens (tertiary/aromatic N) is 2. The van der Waals surface area contributed by atoms with Gasteiger partial charge >= 0.3 is 0 Å². The van der Waals surface area contributed by atoms with Crippen LogP contribution >= 0.6 is 11.6 Å². The largest absolute Gasteiger partial charge is 0.354 e. The quantitative estimate of drug-likeness (QED) is 0.669. The van der Waals surface area contributed by atoms with Crippen LogP contribution < -0.4 is 5.32 Å². The van der Waals surface area contributed by atoms with E-state index in [1.807, 2.05) is 24.3 Å². The Hall–Kier alpha value is -1.92. The van der Waals surface area contributed by atoms with E-state index in [-0.39, 0.29) is 49.6 Å². The summed E-state index contributed by atoms with van der Waals surface area (Å²) in [5.74, 6) is -0.568.